The van der Waals surface area contributed by atoms with Crippen LogP contribution in [0.15, 0.2) is 18.2 Å². The van der Waals surface area contributed by atoms with Gasteiger partial charge in [0.05, 0.1) is 18.9 Å². The molecule has 0 spiro atoms. The Morgan fingerprint density at radius 3 is 2.76 bits per heavy atom. The van der Waals surface area contributed by atoms with Crippen LogP contribution < -0.4 is 4.74 Å². The first-order valence-electron chi connectivity index (χ1n) is 6.96. The van der Waals surface area contributed by atoms with Crippen LogP contribution in [-0.2, 0) is 21.1 Å². The van der Waals surface area contributed by atoms with E-state index in [2.05, 4.69) is 0 Å². The van der Waals surface area contributed by atoms with Gasteiger partial charge in [-0.1, -0.05) is 6.07 Å². The maximum Gasteiger partial charge on any atom is 0.224 e. The molecule has 1 unspecified atom stereocenters. The molecule has 2 rings (SSSR count). The van der Waals surface area contributed by atoms with Crippen molar-refractivity contribution in [2.45, 2.75) is 25.8 Å². The maximum atomic E-state index is 12.2. The van der Waals surface area contributed by atoms with E-state index in [1.54, 1.807) is 12.0 Å². The topological polar surface area (TPSA) is 63.7 Å². The van der Waals surface area contributed by atoms with Crippen molar-refractivity contribution in [2.75, 3.05) is 25.7 Å². The molecule has 116 valence electrons. The van der Waals surface area contributed by atoms with Crippen molar-refractivity contribution in [1.82, 2.24) is 4.90 Å². The van der Waals surface area contributed by atoms with Gasteiger partial charge in [-0.25, -0.2) is 8.42 Å². The van der Waals surface area contributed by atoms with Gasteiger partial charge in [0, 0.05) is 19.2 Å². The summed E-state index contributed by atoms with van der Waals surface area (Å²) >= 11 is 0. The average Bonchev–Trinajstić information content (AvgIpc) is 2.44. The molecule has 5 nitrogen and oxygen atoms in total. The van der Waals surface area contributed by atoms with E-state index < -0.39 is 9.84 Å². The Kier molecular flexibility index (Phi) is 4.56. The summed E-state index contributed by atoms with van der Waals surface area (Å²) in [7, 11) is -1.50. The number of nitrogens with zero attached hydrogens (tertiary/aromatic N) is 1. The third kappa shape index (κ3) is 3.75. The maximum absolute atomic E-state index is 12.2. The van der Waals surface area contributed by atoms with Crippen LogP contribution in [0.4, 0.5) is 0 Å². The zero-order chi connectivity index (χ0) is 15.6. The largest absolute Gasteiger partial charge is 0.497 e. The molecular formula is C15H21NO4S. The number of sulfone groups is 1. The molecule has 6 heteroatoms. The SMILES string of the molecule is COc1ccc2c(c1)C(C)N(C(=O)CCS(C)(=O)=O)CC2. The standard InChI is InChI=1S/C15H21NO4S/c1-11-14-10-13(20-2)5-4-12(14)6-8-16(11)15(17)7-9-21(3,18)19/h4-5,10-11H,6-9H2,1-3H3. The lowest BCUT2D eigenvalue weighted by molar-refractivity contribution is -0.133. The summed E-state index contributed by atoms with van der Waals surface area (Å²) in [4.78, 5) is 14.0. The van der Waals surface area contributed by atoms with Crippen LogP contribution in [0.5, 0.6) is 5.75 Å². The highest BCUT2D eigenvalue weighted by Gasteiger charge is 2.28. The van der Waals surface area contributed by atoms with Gasteiger partial charge in [0.15, 0.2) is 0 Å². The van der Waals surface area contributed by atoms with Crippen LogP contribution >= 0.6 is 0 Å². The molecule has 21 heavy (non-hydrogen) atoms. The molecule has 0 bridgehead atoms. The first-order chi connectivity index (χ1) is 9.81. The molecule has 1 aromatic rings. The number of ether oxygens (including phenoxy) is 1. The summed E-state index contributed by atoms with van der Waals surface area (Å²) in [6.45, 7) is 2.60. The second-order valence-corrected chi connectivity index (χ2v) is 7.72. The number of fused-ring (bicyclic) bond motifs is 1. The van der Waals surface area contributed by atoms with E-state index in [4.69, 9.17) is 4.74 Å². The van der Waals surface area contributed by atoms with Crippen LogP contribution in [-0.4, -0.2) is 44.9 Å². The number of hydrogen-bond acceptors (Lipinski definition) is 4. The van der Waals surface area contributed by atoms with Gasteiger partial charge in [-0.05, 0) is 36.6 Å². The summed E-state index contributed by atoms with van der Waals surface area (Å²) in [5.41, 5.74) is 2.30. The number of carbonyl (C=O) groups is 1. The fourth-order valence-electron chi connectivity index (χ4n) is 2.68. The number of rotatable bonds is 4. The molecule has 1 atom stereocenters. The molecule has 1 amide bonds. The highest BCUT2D eigenvalue weighted by molar-refractivity contribution is 7.90. The Morgan fingerprint density at radius 2 is 2.14 bits per heavy atom. The number of benzene rings is 1. The Balaban J connectivity index is 2.15. The lowest BCUT2D eigenvalue weighted by Crippen LogP contribution is -2.39. The van der Waals surface area contributed by atoms with Crippen molar-refractivity contribution in [3.8, 4) is 5.75 Å². The summed E-state index contributed by atoms with van der Waals surface area (Å²) < 4.78 is 27.6. The van der Waals surface area contributed by atoms with Crippen molar-refractivity contribution in [3.05, 3.63) is 29.3 Å². The Bertz CT molecular complexity index is 639. The first kappa shape index (κ1) is 15.8. The molecule has 0 N–H and O–H groups in total. The predicted octanol–water partition coefficient (Wildman–Crippen LogP) is 1.58. The molecule has 0 aliphatic carbocycles. The molecule has 0 saturated carbocycles. The Hall–Kier alpha value is -1.56. The molecule has 1 heterocycles. The van der Waals surface area contributed by atoms with Gasteiger partial charge in [-0.15, -0.1) is 0 Å². The van der Waals surface area contributed by atoms with E-state index in [9.17, 15) is 13.2 Å². The lowest BCUT2D eigenvalue weighted by atomic mass is 9.93. The van der Waals surface area contributed by atoms with Gasteiger partial charge in [0.2, 0.25) is 5.91 Å². The monoisotopic (exact) mass is 311 g/mol. The smallest absolute Gasteiger partial charge is 0.224 e. The van der Waals surface area contributed by atoms with Gasteiger partial charge >= 0.3 is 0 Å². The third-order valence-electron chi connectivity index (χ3n) is 3.90. The molecule has 0 radical (unpaired) electrons. The minimum atomic E-state index is -3.11. The fourth-order valence-corrected chi connectivity index (χ4v) is 3.22. The van der Waals surface area contributed by atoms with Crippen molar-refractivity contribution in [3.63, 3.8) is 0 Å². The molecule has 0 fully saturated rings. The minimum Gasteiger partial charge on any atom is -0.497 e. The van der Waals surface area contributed by atoms with Crippen LogP contribution in [0.25, 0.3) is 0 Å². The Morgan fingerprint density at radius 1 is 1.43 bits per heavy atom. The molecule has 0 saturated heterocycles. The Labute approximate surface area is 125 Å². The van der Waals surface area contributed by atoms with Gasteiger partial charge in [0.1, 0.15) is 15.6 Å². The quantitative estimate of drug-likeness (QED) is 0.847. The molecule has 1 aliphatic heterocycles. The summed E-state index contributed by atoms with van der Waals surface area (Å²) in [6.07, 6.45) is 1.98. The second kappa shape index (κ2) is 6.05. The van der Waals surface area contributed by atoms with Crippen molar-refractivity contribution < 1.29 is 17.9 Å². The van der Waals surface area contributed by atoms with Gasteiger partial charge < -0.3 is 9.64 Å². The third-order valence-corrected chi connectivity index (χ3v) is 4.85. The number of carbonyl (C=O) groups excluding carboxylic acids is 1. The van der Waals surface area contributed by atoms with E-state index in [1.807, 2.05) is 25.1 Å². The second-order valence-electron chi connectivity index (χ2n) is 5.46. The van der Waals surface area contributed by atoms with Crippen LogP contribution in [0, 0.1) is 0 Å². The first-order valence-corrected chi connectivity index (χ1v) is 9.02. The van der Waals surface area contributed by atoms with Gasteiger partial charge in [-0.2, -0.15) is 0 Å². The minimum absolute atomic E-state index is 0.0441. The van der Waals surface area contributed by atoms with E-state index in [1.165, 1.54) is 5.56 Å². The lowest BCUT2D eigenvalue weighted by Gasteiger charge is -2.35. The number of hydrogen-bond donors (Lipinski definition) is 0. The van der Waals surface area contributed by atoms with Crippen molar-refractivity contribution >= 4 is 15.7 Å². The molecule has 0 aromatic heterocycles. The van der Waals surface area contributed by atoms with E-state index in [-0.39, 0.29) is 24.1 Å². The molecular weight excluding hydrogens is 290 g/mol. The van der Waals surface area contributed by atoms with Crippen LogP contribution in [0.3, 0.4) is 0 Å². The summed E-state index contributed by atoms with van der Waals surface area (Å²) in [5, 5.41) is 0. The average molecular weight is 311 g/mol. The zero-order valence-electron chi connectivity index (χ0n) is 12.6. The predicted molar refractivity (Wildman–Crippen MR) is 81.2 cm³/mol. The zero-order valence-corrected chi connectivity index (χ0v) is 13.4. The highest BCUT2D eigenvalue weighted by atomic mass is 32.2. The fraction of sp³-hybridized carbons (Fsp3) is 0.533. The normalized spacial score (nSPS) is 18.2. The number of methoxy groups -OCH3 is 1. The summed E-state index contributed by atoms with van der Waals surface area (Å²) in [5.74, 6) is 0.562. The van der Waals surface area contributed by atoms with Gasteiger partial charge in [-0.3, -0.25) is 4.79 Å². The molecule has 1 aliphatic rings. The van der Waals surface area contributed by atoms with E-state index in [0.717, 1.165) is 24.0 Å². The number of amides is 1. The molecule has 1 aromatic carbocycles. The van der Waals surface area contributed by atoms with Crippen molar-refractivity contribution in [2.24, 2.45) is 0 Å². The van der Waals surface area contributed by atoms with Crippen molar-refractivity contribution in [1.29, 1.82) is 0 Å². The van der Waals surface area contributed by atoms with Gasteiger partial charge in [0.25, 0.3) is 0 Å². The highest BCUT2D eigenvalue weighted by Crippen LogP contribution is 2.32. The van der Waals surface area contributed by atoms with Crippen LogP contribution in [0.1, 0.15) is 30.5 Å². The van der Waals surface area contributed by atoms with Crippen LogP contribution in [0.2, 0.25) is 0 Å². The van der Waals surface area contributed by atoms with E-state index in [0.29, 0.717) is 6.54 Å². The summed E-state index contributed by atoms with van der Waals surface area (Å²) in [6, 6.07) is 5.85. The van der Waals surface area contributed by atoms with E-state index >= 15 is 0 Å².